The van der Waals surface area contributed by atoms with Crippen molar-refractivity contribution >= 4 is 29.0 Å². The minimum atomic E-state index is -0.0104. The highest BCUT2D eigenvalue weighted by molar-refractivity contribution is 6.28. The zero-order chi connectivity index (χ0) is 12.6. The Morgan fingerprint density at radius 1 is 1.53 bits per heavy atom. The average molecular weight is 255 g/mol. The maximum Gasteiger partial charge on any atom is 0.226 e. The smallest absolute Gasteiger partial charge is 0.226 e. The van der Waals surface area contributed by atoms with E-state index >= 15 is 0 Å². The number of halogens is 1. The lowest BCUT2D eigenvalue weighted by Gasteiger charge is -2.27. The molecule has 5 nitrogen and oxygen atoms in total. The lowest BCUT2D eigenvalue weighted by atomic mass is 10.2. The molecule has 92 valence electrons. The fourth-order valence-electron chi connectivity index (χ4n) is 2.12. The van der Waals surface area contributed by atoms with E-state index in [0.717, 1.165) is 6.54 Å². The topological polar surface area (TPSA) is 58.1 Å². The second-order valence-corrected chi connectivity index (χ2v) is 4.50. The Hall–Kier alpha value is -1.36. The Bertz CT molecular complexity index is 463. The van der Waals surface area contributed by atoms with E-state index in [0.29, 0.717) is 23.6 Å². The van der Waals surface area contributed by atoms with Crippen molar-refractivity contribution in [3.05, 3.63) is 11.0 Å². The predicted molar refractivity (Wildman–Crippen MR) is 67.5 cm³/mol. The minimum absolute atomic E-state index is 0.0104. The van der Waals surface area contributed by atoms with Gasteiger partial charge in [0, 0.05) is 19.0 Å². The summed E-state index contributed by atoms with van der Waals surface area (Å²) in [6.45, 7) is 6.62. The lowest BCUT2D eigenvalue weighted by Crippen LogP contribution is -2.33. The summed E-state index contributed by atoms with van der Waals surface area (Å²) in [5.41, 5.74) is 1.37. The predicted octanol–water partition coefficient (Wildman–Crippen LogP) is 2.00. The number of aryl methyl sites for hydroxylation is 1. The van der Waals surface area contributed by atoms with Crippen molar-refractivity contribution in [2.75, 3.05) is 16.8 Å². The van der Waals surface area contributed by atoms with Crippen LogP contribution in [-0.2, 0) is 4.79 Å². The molecule has 2 rings (SSSR count). The average Bonchev–Trinajstić information content (AvgIpc) is 2.34. The first-order chi connectivity index (χ1) is 8.02. The van der Waals surface area contributed by atoms with Gasteiger partial charge in [0.05, 0.1) is 5.69 Å². The van der Waals surface area contributed by atoms with E-state index in [9.17, 15) is 4.79 Å². The second-order valence-electron chi connectivity index (χ2n) is 4.16. The molecule has 0 radical (unpaired) electrons. The number of fused-ring (bicyclic) bond motifs is 1. The maximum absolute atomic E-state index is 11.7. The van der Waals surface area contributed by atoms with Gasteiger partial charge in [-0.05, 0) is 32.4 Å². The first kappa shape index (κ1) is 12.1. The summed E-state index contributed by atoms with van der Waals surface area (Å²) in [6.07, 6.45) is 0.446. The quantitative estimate of drug-likeness (QED) is 0.779. The maximum atomic E-state index is 11.7. The Kier molecular flexibility index (Phi) is 3.19. The number of nitrogens with zero attached hydrogens (tertiary/aromatic N) is 3. The summed E-state index contributed by atoms with van der Waals surface area (Å²) in [4.78, 5) is 22.1. The van der Waals surface area contributed by atoms with Gasteiger partial charge in [0.25, 0.3) is 0 Å². The molecule has 1 N–H and O–H groups in total. The van der Waals surface area contributed by atoms with Crippen molar-refractivity contribution in [1.82, 2.24) is 9.97 Å². The number of hydrogen-bond acceptors (Lipinski definition) is 4. The molecule has 1 aliphatic heterocycles. The van der Waals surface area contributed by atoms with Crippen molar-refractivity contribution in [1.29, 1.82) is 0 Å². The third kappa shape index (κ3) is 2.20. The molecular weight excluding hydrogens is 240 g/mol. The number of hydrogen-bond donors (Lipinski definition) is 1. The third-order valence-electron chi connectivity index (χ3n) is 2.93. The van der Waals surface area contributed by atoms with Crippen LogP contribution in [0.3, 0.4) is 0 Å². The fraction of sp³-hybridized carbons (Fsp3) is 0.545. The molecule has 0 aromatic carbocycles. The van der Waals surface area contributed by atoms with Gasteiger partial charge < -0.3 is 10.2 Å². The molecule has 1 unspecified atom stereocenters. The summed E-state index contributed by atoms with van der Waals surface area (Å²) >= 11 is 5.88. The van der Waals surface area contributed by atoms with Gasteiger partial charge in [0.2, 0.25) is 11.2 Å². The van der Waals surface area contributed by atoms with E-state index < -0.39 is 0 Å². The van der Waals surface area contributed by atoms with Crippen molar-refractivity contribution < 1.29 is 4.79 Å². The zero-order valence-corrected chi connectivity index (χ0v) is 10.9. The molecule has 0 saturated heterocycles. The van der Waals surface area contributed by atoms with Gasteiger partial charge in [0.15, 0.2) is 5.82 Å². The second kappa shape index (κ2) is 4.49. The van der Waals surface area contributed by atoms with E-state index in [1.54, 1.807) is 0 Å². The van der Waals surface area contributed by atoms with Crippen molar-refractivity contribution in [2.45, 2.75) is 33.2 Å². The lowest BCUT2D eigenvalue weighted by molar-refractivity contribution is -0.116. The van der Waals surface area contributed by atoms with Gasteiger partial charge in [0.1, 0.15) is 5.69 Å². The molecule has 6 heteroatoms. The molecule has 0 spiro atoms. The van der Waals surface area contributed by atoms with Crippen LogP contribution in [0.15, 0.2) is 0 Å². The number of carbonyl (C=O) groups excluding carboxylic acids is 1. The minimum Gasteiger partial charge on any atom is -0.352 e. The zero-order valence-electron chi connectivity index (χ0n) is 10.1. The van der Waals surface area contributed by atoms with E-state index in [2.05, 4.69) is 20.2 Å². The normalized spacial score (nSPS) is 19.6. The molecule has 1 amide bonds. The standard InChI is InChI=1S/C11H15ClN4O/c1-4-16-6(2)5-8(17)14-9-7(3)13-11(12)15-10(9)16/h6H,4-5H2,1-3H3,(H,14,17). The number of aromatic nitrogens is 2. The van der Waals surface area contributed by atoms with Crippen molar-refractivity contribution in [3.63, 3.8) is 0 Å². The number of carbonyl (C=O) groups is 1. The molecule has 0 aliphatic carbocycles. The molecule has 0 saturated carbocycles. The van der Waals surface area contributed by atoms with Crippen LogP contribution in [0.2, 0.25) is 5.28 Å². The number of amides is 1. The molecule has 1 aromatic rings. The monoisotopic (exact) mass is 254 g/mol. The van der Waals surface area contributed by atoms with E-state index in [1.165, 1.54) is 0 Å². The molecule has 17 heavy (non-hydrogen) atoms. The highest BCUT2D eigenvalue weighted by Crippen LogP contribution is 2.32. The fourth-order valence-corrected chi connectivity index (χ4v) is 2.32. The van der Waals surface area contributed by atoms with Gasteiger partial charge in [-0.25, -0.2) is 4.98 Å². The molecule has 2 heterocycles. The number of anilines is 2. The highest BCUT2D eigenvalue weighted by atomic mass is 35.5. The van der Waals surface area contributed by atoms with Gasteiger partial charge in [-0.3, -0.25) is 4.79 Å². The van der Waals surface area contributed by atoms with Crippen LogP contribution < -0.4 is 10.2 Å². The van der Waals surface area contributed by atoms with Crippen LogP contribution in [0.1, 0.15) is 26.0 Å². The van der Waals surface area contributed by atoms with Crippen LogP contribution in [0.4, 0.5) is 11.5 Å². The van der Waals surface area contributed by atoms with Crippen LogP contribution in [0.25, 0.3) is 0 Å². The first-order valence-corrected chi connectivity index (χ1v) is 6.01. The largest absolute Gasteiger partial charge is 0.352 e. The summed E-state index contributed by atoms with van der Waals surface area (Å²) < 4.78 is 0. The van der Waals surface area contributed by atoms with Crippen LogP contribution in [0, 0.1) is 6.92 Å². The SMILES string of the molecule is CCN1c2nc(Cl)nc(C)c2NC(=O)CC1C. The van der Waals surface area contributed by atoms with Gasteiger partial charge in [-0.15, -0.1) is 0 Å². The molecule has 0 bridgehead atoms. The molecule has 1 aliphatic rings. The summed E-state index contributed by atoms with van der Waals surface area (Å²) in [6, 6.07) is 0.103. The molecule has 1 aromatic heterocycles. The summed E-state index contributed by atoms with van der Waals surface area (Å²) in [7, 11) is 0. The Morgan fingerprint density at radius 2 is 2.24 bits per heavy atom. The van der Waals surface area contributed by atoms with Gasteiger partial charge in [-0.2, -0.15) is 4.98 Å². The third-order valence-corrected chi connectivity index (χ3v) is 3.10. The Labute approximate surface area is 105 Å². The van der Waals surface area contributed by atoms with Gasteiger partial charge >= 0.3 is 0 Å². The van der Waals surface area contributed by atoms with Crippen LogP contribution in [-0.4, -0.2) is 28.5 Å². The van der Waals surface area contributed by atoms with Crippen molar-refractivity contribution in [3.8, 4) is 0 Å². The van der Waals surface area contributed by atoms with E-state index in [1.807, 2.05) is 20.8 Å². The summed E-state index contributed by atoms with van der Waals surface area (Å²) in [5, 5.41) is 3.06. The van der Waals surface area contributed by atoms with Crippen LogP contribution >= 0.6 is 11.6 Å². The molecular formula is C11H15ClN4O. The van der Waals surface area contributed by atoms with Gasteiger partial charge in [-0.1, -0.05) is 0 Å². The number of rotatable bonds is 1. The van der Waals surface area contributed by atoms with Crippen molar-refractivity contribution in [2.24, 2.45) is 0 Å². The highest BCUT2D eigenvalue weighted by Gasteiger charge is 2.27. The molecule has 0 fully saturated rings. The first-order valence-electron chi connectivity index (χ1n) is 5.63. The summed E-state index contributed by atoms with van der Waals surface area (Å²) in [5.74, 6) is 0.701. The Morgan fingerprint density at radius 3 is 2.88 bits per heavy atom. The molecule has 1 atom stereocenters. The van der Waals surface area contributed by atoms with Crippen LogP contribution in [0.5, 0.6) is 0 Å². The number of nitrogens with one attached hydrogen (secondary N) is 1. The van der Waals surface area contributed by atoms with E-state index in [-0.39, 0.29) is 17.2 Å². The van der Waals surface area contributed by atoms with E-state index in [4.69, 9.17) is 11.6 Å². The Balaban J connectivity index is 2.59.